The molecular formula is C19H28N4O3. The Morgan fingerprint density at radius 3 is 2.58 bits per heavy atom. The summed E-state index contributed by atoms with van der Waals surface area (Å²) in [5.41, 5.74) is -0.568. The van der Waals surface area contributed by atoms with Gasteiger partial charge in [0.15, 0.2) is 11.6 Å². The number of carbonyl (C=O) groups is 1. The second kappa shape index (κ2) is 8.03. The van der Waals surface area contributed by atoms with Gasteiger partial charge in [0, 0.05) is 6.42 Å². The fourth-order valence-corrected chi connectivity index (χ4v) is 3.50. The van der Waals surface area contributed by atoms with Gasteiger partial charge in [-0.1, -0.05) is 38.8 Å². The van der Waals surface area contributed by atoms with Crippen molar-refractivity contribution in [1.82, 2.24) is 20.4 Å². The molecule has 0 spiro atoms. The van der Waals surface area contributed by atoms with Crippen LogP contribution in [-0.4, -0.2) is 34.0 Å². The van der Waals surface area contributed by atoms with Crippen LogP contribution >= 0.6 is 0 Å². The van der Waals surface area contributed by atoms with Crippen molar-refractivity contribution in [2.24, 2.45) is 0 Å². The molecule has 7 heteroatoms. The molecule has 142 valence electrons. The molecule has 3 rings (SSSR count). The molecule has 0 saturated heterocycles. The number of furan rings is 1. The van der Waals surface area contributed by atoms with Gasteiger partial charge in [0.05, 0.1) is 6.54 Å². The molecule has 0 bridgehead atoms. The minimum absolute atomic E-state index is 0.221. The first kappa shape index (κ1) is 18.6. The van der Waals surface area contributed by atoms with Gasteiger partial charge in [0.25, 0.3) is 5.91 Å². The van der Waals surface area contributed by atoms with E-state index < -0.39 is 5.54 Å². The molecule has 0 aromatic carbocycles. The molecule has 1 aliphatic carbocycles. The lowest BCUT2D eigenvalue weighted by Gasteiger charge is -2.26. The molecule has 0 atom stereocenters. The van der Waals surface area contributed by atoms with Crippen LogP contribution in [0.2, 0.25) is 0 Å². The minimum atomic E-state index is -0.568. The SMILES string of the molecule is CCc1ccc(C(=O)NC2(c3noc(CN(CC)CC)n3)CCCC2)o1. The quantitative estimate of drug-likeness (QED) is 0.778. The van der Waals surface area contributed by atoms with Crippen molar-refractivity contribution in [3.63, 3.8) is 0 Å². The lowest BCUT2D eigenvalue weighted by atomic mass is 9.96. The zero-order chi connectivity index (χ0) is 18.6. The van der Waals surface area contributed by atoms with Gasteiger partial charge in [-0.2, -0.15) is 4.98 Å². The summed E-state index contributed by atoms with van der Waals surface area (Å²) < 4.78 is 11.1. The smallest absolute Gasteiger partial charge is 0.287 e. The van der Waals surface area contributed by atoms with Gasteiger partial charge in [0.2, 0.25) is 5.89 Å². The molecule has 1 N–H and O–H groups in total. The molecule has 1 aliphatic rings. The second-order valence-corrected chi connectivity index (χ2v) is 6.84. The fraction of sp³-hybridized carbons (Fsp3) is 0.632. The van der Waals surface area contributed by atoms with Crippen LogP contribution in [-0.2, 0) is 18.5 Å². The molecule has 2 heterocycles. The van der Waals surface area contributed by atoms with Crippen molar-refractivity contribution in [2.45, 2.75) is 65.0 Å². The largest absolute Gasteiger partial charge is 0.456 e. The molecule has 1 fully saturated rings. The third-order valence-electron chi connectivity index (χ3n) is 5.19. The number of amides is 1. The molecule has 0 radical (unpaired) electrons. The number of hydrogen-bond donors (Lipinski definition) is 1. The van der Waals surface area contributed by atoms with Crippen LogP contribution in [0.15, 0.2) is 21.1 Å². The number of aryl methyl sites for hydroxylation is 1. The molecule has 1 saturated carbocycles. The monoisotopic (exact) mass is 360 g/mol. The van der Waals surface area contributed by atoms with Crippen LogP contribution < -0.4 is 5.32 Å². The van der Waals surface area contributed by atoms with Crippen LogP contribution in [0.4, 0.5) is 0 Å². The van der Waals surface area contributed by atoms with E-state index in [1.54, 1.807) is 6.07 Å². The number of nitrogens with zero attached hydrogens (tertiary/aromatic N) is 3. The fourth-order valence-electron chi connectivity index (χ4n) is 3.50. The zero-order valence-corrected chi connectivity index (χ0v) is 15.9. The number of carbonyl (C=O) groups excluding carboxylic acids is 1. The van der Waals surface area contributed by atoms with Gasteiger partial charge >= 0.3 is 0 Å². The van der Waals surface area contributed by atoms with E-state index in [2.05, 4.69) is 34.2 Å². The highest BCUT2D eigenvalue weighted by atomic mass is 16.5. The maximum Gasteiger partial charge on any atom is 0.287 e. The van der Waals surface area contributed by atoms with Gasteiger partial charge in [-0.3, -0.25) is 9.69 Å². The summed E-state index contributed by atoms with van der Waals surface area (Å²) in [6, 6.07) is 3.56. The molecular weight excluding hydrogens is 332 g/mol. The molecule has 2 aromatic rings. The number of rotatable bonds is 8. The van der Waals surface area contributed by atoms with E-state index in [1.165, 1.54) is 0 Å². The van der Waals surface area contributed by atoms with Gasteiger partial charge < -0.3 is 14.3 Å². The Morgan fingerprint density at radius 1 is 1.23 bits per heavy atom. The minimum Gasteiger partial charge on any atom is -0.456 e. The highest BCUT2D eigenvalue weighted by Gasteiger charge is 2.42. The summed E-state index contributed by atoms with van der Waals surface area (Å²) in [6.07, 6.45) is 4.43. The average molecular weight is 360 g/mol. The zero-order valence-electron chi connectivity index (χ0n) is 15.9. The normalized spacial score (nSPS) is 16.3. The number of nitrogens with one attached hydrogen (secondary N) is 1. The van der Waals surface area contributed by atoms with E-state index in [1.807, 2.05) is 13.0 Å². The topological polar surface area (TPSA) is 84.4 Å². The van der Waals surface area contributed by atoms with Gasteiger partial charge in [-0.25, -0.2) is 0 Å². The van der Waals surface area contributed by atoms with Crippen molar-refractivity contribution in [2.75, 3.05) is 13.1 Å². The van der Waals surface area contributed by atoms with Crippen molar-refractivity contribution in [3.8, 4) is 0 Å². The Balaban J connectivity index is 1.77. The van der Waals surface area contributed by atoms with Crippen LogP contribution in [0.1, 0.15) is 74.5 Å². The van der Waals surface area contributed by atoms with E-state index in [4.69, 9.17) is 8.94 Å². The Labute approximate surface area is 154 Å². The second-order valence-electron chi connectivity index (χ2n) is 6.84. The Bertz CT molecular complexity index is 727. The highest BCUT2D eigenvalue weighted by Crippen LogP contribution is 2.37. The predicted octanol–water partition coefficient (Wildman–Crippen LogP) is 3.27. The van der Waals surface area contributed by atoms with Crippen molar-refractivity contribution in [3.05, 3.63) is 35.4 Å². The van der Waals surface area contributed by atoms with E-state index >= 15 is 0 Å². The van der Waals surface area contributed by atoms with Crippen LogP contribution in [0.5, 0.6) is 0 Å². The van der Waals surface area contributed by atoms with Gasteiger partial charge in [-0.05, 0) is 38.1 Å². The molecule has 1 amide bonds. The number of aromatic nitrogens is 2. The first-order valence-electron chi connectivity index (χ1n) is 9.56. The summed E-state index contributed by atoms with van der Waals surface area (Å²) in [7, 11) is 0. The standard InChI is InChI=1S/C19H28N4O3/c1-4-14-9-10-15(25-14)17(24)21-19(11-7-8-12-19)18-20-16(26-22-18)13-23(5-2)6-3/h9-10H,4-8,11-13H2,1-3H3,(H,21,24). The molecule has 7 nitrogen and oxygen atoms in total. The first-order valence-corrected chi connectivity index (χ1v) is 9.56. The maximum absolute atomic E-state index is 12.7. The summed E-state index contributed by atoms with van der Waals surface area (Å²) in [6.45, 7) is 8.68. The van der Waals surface area contributed by atoms with Gasteiger partial charge in [-0.15, -0.1) is 0 Å². The molecule has 0 aliphatic heterocycles. The third kappa shape index (κ3) is 3.82. The Morgan fingerprint density at radius 2 is 1.96 bits per heavy atom. The van der Waals surface area contributed by atoms with E-state index in [-0.39, 0.29) is 5.91 Å². The lowest BCUT2D eigenvalue weighted by Crippen LogP contribution is -2.44. The third-order valence-corrected chi connectivity index (χ3v) is 5.19. The summed E-state index contributed by atoms with van der Waals surface area (Å²) in [5.74, 6) is 2.08. The van der Waals surface area contributed by atoms with E-state index in [0.29, 0.717) is 24.0 Å². The number of hydrogen-bond acceptors (Lipinski definition) is 6. The van der Waals surface area contributed by atoms with E-state index in [0.717, 1.165) is 51.0 Å². The van der Waals surface area contributed by atoms with Gasteiger partial charge in [0.1, 0.15) is 11.3 Å². The molecule has 2 aromatic heterocycles. The first-order chi connectivity index (χ1) is 12.6. The molecule has 0 unspecified atom stereocenters. The van der Waals surface area contributed by atoms with Crippen molar-refractivity contribution >= 4 is 5.91 Å². The highest BCUT2D eigenvalue weighted by molar-refractivity contribution is 5.92. The maximum atomic E-state index is 12.7. The summed E-state index contributed by atoms with van der Waals surface area (Å²) in [5, 5.41) is 7.33. The molecule has 26 heavy (non-hydrogen) atoms. The van der Waals surface area contributed by atoms with Crippen molar-refractivity contribution in [1.29, 1.82) is 0 Å². The Kier molecular flexibility index (Phi) is 5.76. The van der Waals surface area contributed by atoms with Crippen LogP contribution in [0.25, 0.3) is 0 Å². The van der Waals surface area contributed by atoms with Crippen LogP contribution in [0, 0.1) is 0 Å². The summed E-state index contributed by atoms with van der Waals surface area (Å²) in [4.78, 5) is 19.5. The average Bonchev–Trinajstić information content (AvgIpc) is 3.39. The predicted molar refractivity (Wildman–Crippen MR) is 96.6 cm³/mol. The lowest BCUT2D eigenvalue weighted by molar-refractivity contribution is 0.0861. The van der Waals surface area contributed by atoms with Crippen molar-refractivity contribution < 1.29 is 13.7 Å². The van der Waals surface area contributed by atoms with Crippen LogP contribution in [0.3, 0.4) is 0 Å². The van der Waals surface area contributed by atoms with E-state index in [9.17, 15) is 4.79 Å². The Hall–Kier alpha value is -2.15. The summed E-state index contributed by atoms with van der Waals surface area (Å²) >= 11 is 0.